The van der Waals surface area contributed by atoms with Gasteiger partial charge in [-0.2, -0.15) is 5.10 Å². The summed E-state index contributed by atoms with van der Waals surface area (Å²) < 4.78 is 17.3. The lowest BCUT2D eigenvalue weighted by molar-refractivity contribution is 0.0716. The van der Waals surface area contributed by atoms with Crippen LogP contribution >= 0.6 is 11.3 Å². The average molecular weight is 464 g/mol. The maximum absolute atomic E-state index is 14.5. The summed E-state index contributed by atoms with van der Waals surface area (Å²) in [5.41, 5.74) is 1.12. The Labute approximate surface area is 193 Å². The van der Waals surface area contributed by atoms with Gasteiger partial charge in [-0.05, 0) is 38.0 Å². The van der Waals surface area contributed by atoms with Gasteiger partial charge in [-0.15, -0.1) is 11.3 Å². The quantitative estimate of drug-likeness (QED) is 0.450. The molecule has 2 aromatic heterocycles. The molecule has 5 rings (SSSR count). The minimum atomic E-state index is -0.383. The van der Waals surface area contributed by atoms with Crippen LogP contribution < -0.4 is 5.69 Å². The van der Waals surface area contributed by atoms with Gasteiger partial charge in [0.15, 0.2) is 0 Å². The summed E-state index contributed by atoms with van der Waals surface area (Å²) in [7, 11) is 0. The summed E-state index contributed by atoms with van der Waals surface area (Å²) in [5.74, 6) is -0.623. The zero-order chi connectivity index (χ0) is 22.9. The molecule has 1 saturated heterocycles. The molecule has 0 saturated carbocycles. The molecule has 0 radical (unpaired) electrons. The standard InChI is InChI=1S/C24H22FN5O2S/c1-16-27-21(22(33-16)19-11-5-6-12-20(19)25)23(31)28-13-7-10-18(28)14-30-24(32)29(15-26-30)17-8-3-2-4-9-17/h2-6,8-9,11-12,15,18H,7,10,13-14H2,1H3/t18-/m0/s1. The summed E-state index contributed by atoms with van der Waals surface area (Å²) in [4.78, 5) is 33.1. The van der Waals surface area contributed by atoms with E-state index in [0.29, 0.717) is 28.5 Å². The fourth-order valence-corrected chi connectivity index (χ4v) is 5.19. The number of rotatable bonds is 5. The van der Waals surface area contributed by atoms with Crippen LogP contribution in [0.3, 0.4) is 0 Å². The number of halogens is 1. The number of carbonyl (C=O) groups is 1. The molecule has 3 heterocycles. The van der Waals surface area contributed by atoms with Crippen molar-refractivity contribution in [1.82, 2.24) is 24.2 Å². The highest BCUT2D eigenvalue weighted by atomic mass is 32.1. The van der Waals surface area contributed by atoms with Gasteiger partial charge in [0.1, 0.15) is 17.8 Å². The molecule has 1 atom stereocenters. The van der Waals surface area contributed by atoms with Crippen LogP contribution in [0.4, 0.5) is 4.39 Å². The Bertz CT molecular complexity index is 1360. The van der Waals surface area contributed by atoms with E-state index in [2.05, 4.69) is 10.1 Å². The van der Waals surface area contributed by atoms with Gasteiger partial charge in [0.25, 0.3) is 5.91 Å². The van der Waals surface area contributed by atoms with Crippen LogP contribution in [0.25, 0.3) is 16.1 Å². The van der Waals surface area contributed by atoms with Crippen LogP contribution in [-0.4, -0.2) is 42.7 Å². The molecule has 1 amide bonds. The van der Waals surface area contributed by atoms with Crippen molar-refractivity contribution in [3.05, 3.63) is 87.9 Å². The summed E-state index contributed by atoms with van der Waals surface area (Å²) >= 11 is 1.31. The Morgan fingerprint density at radius 2 is 1.91 bits per heavy atom. The highest BCUT2D eigenvalue weighted by Gasteiger charge is 2.33. The van der Waals surface area contributed by atoms with E-state index in [1.807, 2.05) is 37.3 Å². The lowest BCUT2D eigenvalue weighted by atomic mass is 10.1. The number of aromatic nitrogens is 4. The SMILES string of the molecule is Cc1nc(C(=O)N2CCC[C@H]2Cn2ncn(-c3ccccc3)c2=O)c(-c2ccccc2F)s1. The second-order valence-corrected chi connectivity index (χ2v) is 9.19. The Kier molecular flexibility index (Phi) is 5.63. The van der Waals surface area contributed by atoms with Crippen molar-refractivity contribution in [3.63, 3.8) is 0 Å². The van der Waals surface area contributed by atoms with E-state index < -0.39 is 0 Å². The second-order valence-electron chi connectivity index (χ2n) is 7.99. The normalized spacial score (nSPS) is 15.8. The van der Waals surface area contributed by atoms with Gasteiger partial charge >= 0.3 is 5.69 Å². The van der Waals surface area contributed by atoms with Crippen LogP contribution in [-0.2, 0) is 6.54 Å². The van der Waals surface area contributed by atoms with Crippen LogP contribution in [0.2, 0.25) is 0 Å². The Morgan fingerprint density at radius 3 is 2.70 bits per heavy atom. The third-order valence-corrected chi connectivity index (χ3v) is 6.85. The van der Waals surface area contributed by atoms with Gasteiger partial charge in [0, 0.05) is 12.1 Å². The van der Waals surface area contributed by atoms with E-state index in [4.69, 9.17) is 0 Å². The van der Waals surface area contributed by atoms with Crippen molar-refractivity contribution in [3.8, 4) is 16.1 Å². The van der Waals surface area contributed by atoms with Gasteiger partial charge in [-0.3, -0.25) is 4.79 Å². The van der Waals surface area contributed by atoms with Crippen molar-refractivity contribution in [2.75, 3.05) is 6.54 Å². The molecule has 9 heteroatoms. The highest BCUT2D eigenvalue weighted by molar-refractivity contribution is 7.15. The largest absolute Gasteiger partial charge is 0.350 e. The molecule has 4 aromatic rings. The zero-order valence-corrected chi connectivity index (χ0v) is 18.8. The fourth-order valence-electron chi connectivity index (χ4n) is 4.26. The summed E-state index contributed by atoms with van der Waals surface area (Å²) in [6.07, 6.45) is 3.08. The van der Waals surface area contributed by atoms with E-state index in [1.165, 1.54) is 33.0 Å². The first-order valence-electron chi connectivity index (χ1n) is 10.8. The third-order valence-electron chi connectivity index (χ3n) is 5.84. The number of hydrogen-bond donors (Lipinski definition) is 0. The molecule has 1 fully saturated rings. The minimum absolute atomic E-state index is 0.190. The minimum Gasteiger partial charge on any atom is -0.332 e. The number of likely N-dealkylation sites (tertiary alicyclic amines) is 1. The number of nitrogens with zero attached hydrogens (tertiary/aromatic N) is 5. The molecule has 0 unspecified atom stereocenters. The Hall–Kier alpha value is -3.59. The van der Waals surface area contributed by atoms with Gasteiger partial charge in [-0.1, -0.05) is 36.4 Å². The maximum Gasteiger partial charge on any atom is 0.350 e. The third kappa shape index (κ3) is 4.00. The molecular formula is C24H22FN5O2S. The van der Waals surface area contributed by atoms with Crippen LogP contribution in [0.15, 0.2) is 65.7 Å². The molecule has 33 heavy (non-hydrogen) atoms. The number of thiazole rings is 1. The van der Waals surface area contributed by atoms with Crippen molar-refractivity contribution < 1.29 is 9.18 Å². The fraction of sp³-hybridized carbons (Fsp3) is 0.250. The summed E-state index contributed by atoms with van der Waals surface area (Å²) in [5, 5.41) is 4.97. The van der Waals surface area contributed by atoms with E-state index in [9.17, 15) is 14.0 Å². The molecule has 1 aliphatic rings. The number of amides is 1. The van der Waals surface area contributed by atoms with E-state index in [-0.39, 0.29) is 29.1 Å². The molecular weight excluding hydrogens is 441 g/mol. The summed E-state index contributed by atoms with van der Waals surface area (Å²) in [6, 6.07) is 15.5. The molecule has 0 spiro atoms. The predicted octanol–water partition coefficient (Wildman–Crippen LogP) is 3.91. The van der Waals surface area contributed by atoms with Crippen LogP contribution in [0.1, 0.15) is 28.3 Å². The van der Waals surface area contributed by atoms with Gasteiger partial charge < -0.3 is 4.90 Å². The zero-order valence-electron chi connectivity index (χ0n) is 18.0. The first kappa shape index (κ1) is 21.3. The van der Waals surface area contributed by atoms with Gasteiger partial charge in [-0.25, -0.2) is 23.4 Å². The van der Waals surface area contributed by atoms with Crippen molar-refractivity contribution in [1.29, 1.82) is 0 Å². The lowest BCUT2D eigenvalue weighted by Gasteiger charge is -2.24. The first-order chi connectivity index (χ1) is 16.0. The molecule has 1 aliphatic heterocycles. The molecule has 0 aliphatic carbocycles. The van der Waals surface area contributed by atoms with Gasteiger partial charge in [0.2, 0.25) is 0 Å². The molecule has 0 N–H and O–H groups in total. The second kappa shape index (κ2) is 8.74. The monoisotopic (exact) mass is 463 g/mol. The van der Waals surface area contributed by atoms with Crippen molar-refractivity contribution in [2.45, 2.75) is 32.4 Å². The van der Waals surface area contributed by atoms with Crippen molar-refractivity contribution >= 4 is 17.2 Å². The van der Waals surface area contributed by atoms with Crippen LogP contribution in [0, 0.1) is 12.7 Å². The van der Waals surface area contributed by atoms with E-state index >= 15 is 0 Å². The smallest absolute Gasteiger partial charge is 0.332 e. The molecule has 168 valence electrons. The maximum atomic E-state index is 14.5. The molecule has 7 nitrogen and oxygen atoms in total. The number of carbonyl (C=O) groups excluding carboxylic acids is 1. The number of hydrogen-bond acceptors (Lipinski definition) is 5. The van der Waals surface area contributed by atoms with E-state index in [1.54, 1.807) is 23.1 Å². The highest BCUT2D eigenvalue weighted by Crippen LogP contribution is 2.34. The number of para-hydroxylation sites is 1. The molecule has 0 bridgehead atoms. The first-order valence-corrected chi connectivity index (χ1v) is 11.6. The topological polar surface area (TPSA) is 73.0 Å². The van der Waals surface area contributed by atoms with Gasteiger partial charge in [0.05, 0.1) is 28.2 Å². The Morgan fingerprint density at radius 1 is 1.15 bits per heavy atom. The lowest BCUT2D eigenvalue weighted by Crippen LogP contribution is -2.40. The number of aryl methyl sites for hydroxylation is 1. The van der Waals surface area contributed by atoms with Crippen LogP contribution in [0.5, 0.6) is 0 Å². The average Bonchev–Trinajstić information content (AvgIpc) is 3.54. The molecule has 2 aromatic carbocycles. The van der Waals surface area contributed by atoms with E-state index in [0.717, 1.165) is 18.5 Å². The Balaban J connectivity index is 1.42. The summed E-state index contributed by atoms with van der Waals surface area (Å²) in [6.45, 7) is 2.66. The van der Waals surface area contributed by atoms with Crippen molar-refractivity contribution in [2.24, 2.45) is 0 Å². The predicted molar refractivity (Wildman–Crippen MR) is 124 cm³/mol. The number of benzene rings is 2.